The second-order valence-corrected chi connectivity index (χ2v) is 9.19. The van der Waals surface area contributed by atoms with Gasteiger partial charge in [-0.25, -0.2) is 14.8 Å². The molecule has 0 aliphatic carbocycles. The fourth-order valence-electron chi connectivity index (χ4n) is 4.10. The SMILES string of the molecule is Cc1cccc(NC(=O)N2CCN(c3nc(N)nc4ccc(-c5ccc(Cl)c(Cl)c5)nc34)CC2)c1. The normalized spacial score (nSPS) is 13.8. The van der Waals surface area contributed by atoms with Gasteiger partial charge in [-0.05, 0) is 48.9 Å². The summed E-state index contributed by atoms with van der Waals surface area (Å²) in [5, 5.41) is 3.91. The van der Waals surface area contributed by atoms with Gasteiger partial charge in [0.2, 0.25) is 5.95 Å². The van der Waals surface area contributed by atoms with Crippen LogP contribution in [0.1, 0.15) is 5.56 Å². The van der Waals surface area contributed by atoms with Crippen LogP contribution in [0.15, 0.2) is 54.6 Å². The van der Waals surface area contributed by atoms with Crippen LogP contribution < -0.4 is 16.0 Å². The zero-order chi connectivity index (χ0) is 24.5. The molecule has 2 amide bonds. The molecule has 5 rings (SSSR count). The van der Waals surface area contributed by atoms with Crippen LogP contribution in [0.4, 0.5) is 22.2 Å². The molecule has 1 aliphatic rings. The Morgan fingerprint density at radius 1 is 0.943 bits per heavy atom. The minimum Gasteiger partial charge on any atom is -0.368 e. The maximum Gasteiger partial charge on any atom is 0.321 e. The van der Waals surface area contributed by atoms with Gasteiger partial charge >= 0.3 is 6.03 Å². The van der Waals surface area contributed by atoms with Crippen molar-refractivity contribution in [2.75, 3.05) is 42.1 Å². The molecule has 4 aromatic rings. The molecule has 0 bridgehead atoms. The number of benzene rings is 2. The molecule has 1 saturated heterocycles. The van der Waals surface area contributed by atoms with Crippen molar-refractivity contribution >= 4 is 57.7 Å². The van der Waals surface area contributed by atoms with E-state index in [2.05, 4.69) is 20.2 Å². The van der Waals surface area contributed by atoms with Crippen molar-refractivity contribution in [1.82, 2.24) is 19.9 Å². The number of anilines is 3. The Morgan fingerprint density at radius 2 is 1.74 bits per heavy atom. The second-order valence-electron chi connectivity index (χ2n) is 8.37. The summed E-state index contributed by atoms with van der Waals surface area (Å²) in [5.74, 6) is 0.823. The third-order valence-electron chi connectivity index (χ3n) is 5.89. The van der Waals surface area contributed by atoms with E-state index in [1.807, 2.05) is 49.4 Å². The Bertz CT molecular complexity index is 1420. The van der Waals surface area contributed by atoms with Crippen LogP contribution in [0.25, 0.3) is 22.3 Å². The number of fused-ring (bicyclic) bond motifs is 1. The van der Waals surface area contributed by atoms with Crippen molar-refractivity contribution in [2.45, 2.75) is 6.92 Å². The number of nitrogens with zero attached hydrogens (tertiary/aromatic N) is 5. The quantitative estimate of drug-likeness (QED) is 0.393. The maximum atomic E-state index is 12.8. The van der Waals surface area contributed by atoms with E-state index in [0.717, 1.165) is 22.5 Å². The number of nitrogens with two attached hydrogens (primary N) is 1. The molecule has 1 fully saturated rings. The maximum absolute atomic E-state index is 12.8. The second kappa shape index (κ2) is 9.56. The van der Waals surface area contributed by atoms with Crippen LogP contribution in [-0.2, 0) is 0 Å². The van der Waals surface area contributed by atoms with Gasteiger partial charge in [0.05, 0.1) is 21.3 Å². The van der Waals surface area contributed by atoms with Crippen molar-refractivity contribution < 1.29 is 4.79 Å². The Hall–Kier alpha value is -3.62. The molecular weight excluding hydrogens is 485 g/mol. The van der Waals surface area contributed by atoms with E-state index < -0.39 is 0 Å². The molecule has 2 aromatic heterocycles. The van der Waals surface area contributed by atoms with Crippen molar-refractivity contribution in [3.63, 3.8) is 0 Å². The van der Waals surface area contributed by atoms with Crippen LogP contribution >= 0.6 is 23.2 Å². The van der Waals surface area contributed by atoms with Gasteiger partial charge in [0, 0.05) is 37.4 Å². The number of rotatable bonds is 3. The van der Waals surface area contributed by atoms with Crippen LogP contribution in [0.5, 0.6) is 0 Å². The number of amides is 2. The Labute approximate surface area is 212 Å². The van der Waals surface area contributed by atoms with Crippen molar-refractivity contribution in [3.05, 3.63) is 70.2 Å². The predicted octanol–water partition coefficient (Wildman–Crippen LogP) is 5.24. The van der Waals surface area contributed by atoms with Crippen LogP contribution in [0, 0.1) is 6.92 Å². The molecular formula is C25H23Cl2N7O. The zero-order valence-electron chi connectivity index (χ0n) is 19.0. The molecule has 0 spiro atoms. The largest absolute Gasteiger partial charge is 0.368 e. The number of hydrogen-bond donors (Lipinski definition) is 2. The van der Waals surface area contributed by atoms with Gasteiger partial charge in [-0.1, -0.05) is 41.4 Å². The number of aryl methyl sites for hydroxylation is 1. The number of carbonyl (C=O) groups excluding carboxylic acids is 1. The summed E-state index contributed by atoms with van der Waals surface area (Å²) in [6.07, 6.45) is 0. The summed E-state index contributed by atoms with van der Waals surface area (Å²) in [6.45, 7) is 4.25. The number of nitrogen functional groups attached to an aromatic ring is 1. The van der Waals surface area contributed by atoms with Crippen molar-refractivity contribution in [2.24, 2.45) is 0 Å². The Morgan fingerprint density at radius 3 is 2.49 bits per heavy atom. The van der Waals surface area contributed by atoms with Crippen molar-refractivity contribution in [3.8, 4) is 11.3 Å². The minimum atomic E-state index is -0.123. The van der Waals surface area contributed by atoms with Gasteiger partial charge < -0.3 is 20.9 Å². The summed E-state index contributed by atoms with van der Waals surface area (Å²) in [7, 11) is 0. The van der Waals surface area contributed by atoms with Gasteiger partial charge in [0.1, 0.15) is 5.52 Å². The first-order valence-electron chi connectivity index (χ1n) is 11.1. The number of halogens is 2. The highest BCUT2D eigenvalue weighted by Gasteiger charge is 2.24. The molecule has 3 N–H and O–H groups in total. The molecule has 2 aromatic carbocycles. The van der Waals surface area contributed by atoms with E-state index in [4.69, 9.17) is 33.9 Å². The average molecular weight is 508 g/mol. The van der Waals surface area contributed by atoms with Crippen LogP contribution in [0.2, 0.25) is 10.0 Å². The molecule has 178 valence electrons. The predicted molar refractivity (Wildman–Crippen MR) is 141 cm³/mol. The van der Waals surface area contributed by atoms with Gasteiger partial charge in [0.25, 0.3) is 0 Å². The topological polar surface area (TPSA) is 100 Å². The van der Waals surface area contributed by atoms with E-state index in [1.54, 1.807) is 17.0 Å². The summed E-state index contributed by atoms with van der Waals surface area (Å²) in [5.41, 5.74) is 10.7. The monoisotopic (exact) mass is 507 g/mol. The number of urea groups is 1. The molecule has 0 atom stereocenters. The summed E-state index contributed by atoms with van der Waals surface area (Å²) < 4.78 is 0. The number of piperazine rings is 1. The lowest BCUT2D eigenvalue weighted by Gasteiger charge is -2.35. The van der Waals surface area contributed by atoms with E-state index in [0.29, 0.717) is 53.1 Å². The van der Waals surface area contributed by atoms with E-state index >= 15 is 0 Å². The fourth-order valence-corrected chi connectivity index (χ4v) is 4.40. The van der Waals surface area contributed by atoms with Gasteiger partial charge in [-0.15, -0.1) is 0 Å². The number of carbonyl (C=O) groups is 1. The number of aromatic nitrogens is 3. The number of nitrogens with one attached hydrogen (secondary N) is 1. The number of hydrogen-bond acceptors (Lipinski definition) is 6. The third kappa shape index (κ3) is 4.94. The molecule has 3 heterocycles. The van der Waals surface area contributed by atoms with Crippen LogP contribution in [-0.4, -0.2) is 52.1 Å². The van der Waals surface area contributed by atoms with Gasteiger partial charge in [-0.2, -0.15) is 4.98 Å². The van der Waals surface area contributed by atoms with Gasteiger partial charge in [0.15, 0.2) is 5.82 Å². The lowest BCUT2D eigenvalue weighted by Crippen LogP contribution is -2.50. The fraction of sp³-hybridized carbons (Fsp3) is 0.200. The highest BCUT2D eigenvalue weighted by atomic mass is 35.5. The zero-order valence-corrected chi connectivity index (χ0v) is 20.5. The lowest BCUT2D eigenvalue weighted by atomic mass is 10.1. The molecule has 35 heavy (non-hydrogen) atoms. The van der Waals surface area contributed by atoms with Gasteiger partial charge in [-0.3, -0.25) is 0 Å². The first kappa shape index (κ1) is 23.1. The first-order chi connectivity index (χ1) is 16.9. The smallest absolute Gasteiger partial charge is 0.321 e. The lowest BCUT2D eigenvalue weighted by molar-refractivity contribution is 0.208. The summed E-state index contributed by atoms with van der Waals surface area (Å²) in [4.78, 5) is 30.3. The first-order valence-corrected chi connectivity index (χ1v) is 11.9. The number of pyridine rings is 1. The average Bonchev–Trinajstić information content (AvgIpc) is 2.85. The molecule has 8 nitrogen and oxygen atoms in total. The Kier molecular flexibility index (Phi) is 6.32. The highest BCUT2D eigenvalue weighted by Crippen LogP contribution is 2.31. The highest BCUT2D eigenvalue weighted by molar-refractivity contribution is 6.42. The van der Waals surface area contributed by atoms with E-state index in [-0.39, 0.29) is 12.0 Å². The van der Waals surface area contributed by atoms with E-state index in [1.165, 1.54) is 0 Å². The summed E-state index contributed by atoms with van der Waals surface area (Å²) >= 11 is 12.3. The third-order valence-corrected chi connectivity index (χ3v) is 6.63. The van der Waals surface area contributed by atoms with Crippen LogP contribution in [0.3, 0.4) is 0 Å². The molecule has 0 unspecified atom stereocenters. The van der Waals surface area contributed by atoms with E-state index in [9.17, 15) is 4.79 Å². The minimum absolute atomic E-state index is 0.123. The summed E-state index contributed by atoms with van der Waals surface area (Å²) in [6, 6.07) is 16.7. The standard InChI is InChI=1S/C25H23Cl2N7O/c1-15-3-2-4-17(13-15)29-25(35)34-11-9-33(10-12-34)23-22-21(31-24(28)32-23)8-7-20(30-22)16-5-6-18(26)19(27)14-16/h2-8,13-14H,9-12H2,1H3,(H,29,35)(H2,28,31,32). The van der Waals surface area contributed by atoms with Crippen molar-refractivity contribution in [1.29, 1.82) is 0 Å². The molecule has 0 radical (unpaired) electrons. The Balaban J connectivity index is 1.37. The molecule has 0 saturated carbocycles. The molecule has 10 heteroatoms. The molecule has 1 aliphatic heterocycles.